The summed E-state index contributed by atoms with van der Waals surface area (Å²) < 4.78 is 10.2. The molecule has 0 amide bonds. The van der Waals surface area contributed by atoms with E-state index >= 15 is 0 Å². The van der Waals surface area contributed by atoms with Crippen molar-refractivity contribution in [1.82, 2.24) is 10.2 Å². The maximum absolute atomic E-state index is 11.1. The SMILES string of the molecule is COC(=O)CSc1nnc(-c2cc3c(s2)CCCC3)o1. The summed E-state index contributed by atoms with van der Waals surface area (Å²) in [5.41, 5.74) is 1.42. The third-order valence-corrected chi connectivity index (χ3v) is 5.17. The van der Waals surface area contributed by atoms with E-state index in [-0.39, 0.29) is 11.7 Å². The maximum atomic E-state index is 11.1. The Kier molecular flexibility index (Phi) is 4.07. The molecule has 0 atom stereocenters. The van der Waals surface area contributed by atoms with Crippen molar-refractivity contribution in [3.8, 4) is 10.8 Å². The molecule has 1 aliphatic rings. The average molecular weight is 310 g/mol. The first-order valence-corrected chi connectivity index (χ1v) is 8.21. The van der Waals surface area contributed by atoms with E-state index < -0.39 is 0 Å². The maximum Gasteiger partial charge on any atom is 0.316 e. The van der Waals surface area contributed by atoms with E-state index in [0.717, 1.165) is 17.7 Å². The van der Waals surface area contributed by atoms with Crippen LogP contribution in [0.1, 0.15) is 23.3 Å². The van der Waals surface area contributed by atoms with Crippen molar-refractivity contribution >= 4 is 29.1 Å². The van der Waals surface area contributed by atoms with Crippen LogP contribution in [0.15, 0.2) is 15.7 Å². The van der Waals surface area contributed by atoms with Crippen LogP contribution in [0.5, 0.6) is 0 Å². The predicted molar refractivity (Wildman–Crippen MR) is 77.0 cm³/mol. The molecule has 2 heterocycles. The van der Waals surface area contributed by atoms with Gasteiger partial charge < -0.3 is 9.15 Å². The summed E-state index contributed by atoms with van der Waals surface area (Å²) in [5.74, 6) is 0.414. The zero-order valence-corrected chi connectivity index (χ0v) is 12.7. The highest BCUT2D eigenvalue weighted by Crippen LogP contribution is 2.35. The number of thiophene rings is 1. The van der Waals surface area contributed by atoms with E-state index in [1.165, 1.54) is 42.2 Å². The molecule has 0 unspecified atom stereocenters. The Labute approximate surface area is 124 Å². The molecule has 0 radical (unpaired) electrons. The van der Waals surface area contributed by atoms with Gasteiger partial charge in [0.2, 0.25) is 0 Å². The van der Waals surface area contributed by atoms with Crippen LogP contribution in [-0.4, -0.2) is 29.0 Å². The number of methoxy groups -OCH3 is 1. The van der Waals surface area contributed by atoms with Gasteiger partial charge in [-0.1, -0.05) is 11.8 Å². The van der Waals surface area contributed by atoms with Crippen LogP contribution in [0.25, 0.3) is 10.8 Å². The van der Waals surface area contributed by atoms with Gasteiger partial charge in [0.25, 0.3) is 11.1 Å². The molecule has 20 heavy (non-hydrogen) atoms. The molecule has 0 N–H and O–H groups in total. The highest BCUT2D eigenvalue weighted by atomic mass is 32.2. The standard InChI is InChI=1S/C13H14N2O3S2/c1-17-11(16)7-19-13-15-14-12(18-13)10-6-8-4-2-3-5-9(8)20-10/h6H,2-5,7H2,1H3. The fourth-order valence-electron chi connectivity index (χ4n) is 2.14. The number of carbonyl (C=O) groups excluding carboxylic acids is 1. The number of rotatable bonds is 4. The molecule has 0 fully saturated rings. The minimum atomic E-state index is -0.304. The van der Waals surface area contributed by atoms with Crippen molar-refractivity contribution in [2.24, 2.45) is 0 Å². The Morgan fingerprint density at radius 1 is 1.45 bits per heavy atom. The van der Waals surface area contributed by atoms with Gasteiger partial charge >= 0.3 is 5.97 Å². The smallest absolute Gasteiger partial charge is 0.316 e. The molecule has 106 valence electrons. The zero-order chi connectivity index (χ0) is 13.9. The molecule has 2 aromatic rings. The number of ether oxygens (including phenoxy) is 1. The number of hydrogen-bond acceptors (Lipinski definition) is 7. The monoisotopic (exact) mass is 310 g/mol. The fourth-order valence-corrected chi connectivity index (χ4v) is 3.91. The first-order valence-electron chi connectivity index (χ1n) is 6.41. The summed E-state index contributed by atoms with van der Waals surface area (Å²) in [6.45, 7) is 0. The molecular weight excluding hydrogens is 296 g/mol. The highest BCUT2D eigenvalue weighted by molar-refractivity contribution is 7.99. The average Bonchev–Trinajstić information content (AvgIpc) is 3.10. The van der Waals surface area contributed by atoms with Crippen LogP contribution in [0.4, 0.5) is 0 Å². The summed E-state index contributed by atoms with van der Waals surface area (Å²) in [6.07, 6.45) is 4.81. The third-order valence-electron chi connectivity index (χ3n) is 3.16. The van der Waals surface area contributed by atoms with Gasteiger partial charge in [-0.3, -0.25) is 4.79 Å². The van der Waals surface area contributed by atoms with Gasteiger partial charge in [0.15, 0.2) is 0 Å². The van der Waals surface area contributed by atoms with Crippen molar-refractivity contribution < 1.29 is 13.9 Å². The summed E-state index contributed by atoms with van der Waals surface area (Å²) in [5, 5.41) is 8.40. The van der Waals surface area contributed by atoms with Crippen molar-refractivity contribution in [1.29, 1.82) is 0 Å². The number of esters is 1. The van der Waals surface area contributed by atoms with Gasteiger partial charge in [0.1, 0.15) is 5.75 Å². The van der Waals surface area contributed by atoms with Crippen LogP contribution >= 0.6 is 23.1 Å². The van der Waals surface area contributed by atoms with E-state index in [2.05, 4.69) is 21.0 Å². The Bertz CT molecular complexity index is 597. The largest absolute Gasteiger partial charge is 0.468 e. The number of nitrogens with zero attached hydrogens (tertiary/aromatic N) is 2. The van der Waals surface area contributed by atoms with Crippen molar-refractivity contribution in [3.63, 3.8) is 0 Å². The number of hydrogen-bond donors (Lipinski definition) is 0. The number of fused-ring (bicyclic) bond motifs is 1. The zero-order valence-electron chi connectivity index (χ0n) is 11.0. The molecule has 0 saturated carbocycles. The molecule has 5 nitrogen and oxygen atoms in total. The number of aromatic nitrogens is 2. The Morgan fingerprint density at radius 2 is 2.30 bits per heavy atom. The molecule has 2 aromatic heterocycles. The first-order chi connectivity index (χ1) is 9.76. The number of aryl methyl sites for hydroxylation is 2. The lowest BCUT2D eigenvalue weighted by atomic mass is 9.99. The molecule has 0 aromatic carbocycles. The topological polar surface area (TPSA) is 65.2 Å². The van der Waals surface area contributed by atoms with E-state index in [9.17, 15) is 4.79 Å². The molecular formula is C13H14N2O3S2. The lowest BCUT2D eigenvalue weighted by Gasteiger charge is -2.08. The van der Waals surface area contributed by atoms with E-state index in [1.807, 2.05) is 0 Å². The highest BCUT2D eigenvalue weighted by Gasteiger charge is 2.18. The Morgan fingerprint density at radius 3 is 3.10 bits per heavy atom. The second-order valence-corrected chi connectivity index (χ2v) is 6.57. The van der Waals surface area contributed by atoms with Gasteiger partial charge in [-0.2, -0.15) is 0 Å². The minimum Gasteiger partial charge on any atom is -0.468 e. The third kappa shape index (κ3) is 2.88. The van der Waals surface area contributed by atoms with Crippen LogP contribution in [0, 0.1) is 0 Å². The normalized spacial score (nSPS) is 14.1. The summed E-state index contributed by atoms with van der Waals surface area (Å²) >= 11 is 2.93. The van der Waals surface area contributed by atoms with Gasteiger partial charge in [0.05, 0.1) is 12.0 Å². The molecule has 0 bridgehead atoms. The van der Waals surface area contributed by atoms with E-state index in [1.54, 1.807) is 11.3 Å². The van der Waals surface area contributed by atoms with Gasteiger partial charge in [0, 0.05) is 4.88 Å². The van der Waals surface area contributed by atoms with Gasteiger partial charge in [-0.15, -0.1) is 21.5 Å². The second-order valence-electron chi connectivity index (χ2n) is 4.50. The molecule has 7 heteroatoms. The Balaban J connectivity index is 1.73. The van der Waals surface area contributed by atoms with E-state index in [4.69, 9.17) is 4.42 Å². The van der Waals surface area contributed by atoms with Gasteiger partial charge in [-0.05, 0) is 37.3 Å². The molecule has 3 rings (SSSR count). The molecule has 0 aliphatic heterocycles. The number of thioether (sulfide) groups is 1. The van der Waals surface area contributed by atoms with Gasteiger partial charge in [-0.25, -0.2) is 0 Å². The second kappa shape index (κ2) is 5.97. The summed E-state index contributed by atoms with van der Waals surface area (Å²) in [7, 11) is 1.36. The van der Waals surface area contributed by atoms with Crippen LogP contribution in [0.3, 0.4) is 0 Å². The fraction of sp³-hybridized carbons (Fsp3) is 0.462. The summed E-state index contributed by atoms with van der Waals surface area (Å²) in [4.78, 5) is 13.5. The molecule has 0 spiro atoms. The van der Waals surface area contributed by atoms with Crippen LogP contribution < -0.4 is 0 Å². The van der Waals surface area contributed by atoms with Crippen molar-refractivity contribution in [3.05, 3.63) is 16.5 Å². The van der Waals surface area contributed by atoms with Crippen molar-refractivity contribution in [2.45, 2.75) is 30.9 Å². The number of carbonyl (C=O) groups is 1. The quantitative estimate of drug-likeness (QED) is 0.639. The van der Waals surface area contributed by atoms with E-state index in [0.29, 0.717) is 11.1 Å². The Hall–Kier alpha value is -1.34. The van der Waals surface area contributed by atoms with Crippen molar-refractivity contribution in [2.75, 3.05) is 12.9 Å². The first kappa shape index (κ1) is 13.6. The predicted octanol–water partition coefficient (Wildman–Crippen LogP) is 2.94. The van der Waals surface area contributed by atoms with Crippen LogP contribution in [0.2, 0.25) is 0 Å². The lowest BCUT2D eigenvalue weighted by Crippen LogP contribution is -2.02. The molecule has 0 saturated heterocycles. The van der Waals surface area contributed by atoms with Crippen LogP contribution in [-0.2, 0) is 22.4 Å². The minimum absolute atomic E-state index is 0.180. The summed E-state index contributed by atoms with van der Waals surface area (Å²) in [6, 6.07) is 2.15. The molecule has 1 aliphatic carbocycles. The lowest BCUT2D eigenvalue weighted by molar-refractivity contribution is -0.137.